The number of aryl methyl sites for hydroxylation is 1. The largest absolute Gasteiger partial charge is 0.477 e. The SMILES string of the molecule is CCOc1nc(C)c(C)c2c1C(=O)N(N1CCN(CCc3ccccc3)CC1)C2=O. The lowest BCUT2D eigenvalue weighted by Crippen LogP contribution is -2.55. The van der Waals surface area contributed by atoms with Crippen molar-refractivity contribution in [2.45, 2.75) is 27.2 Å². The average Bonchev–Trinajstić information content (AvgIpc) is 3.02. The van der Waals surface area contributed by atoms with E-state index in [0.29, 0.717) is 36.5 Å². The van der Waals surface area contributed by atoms with Crippen LogP contribution in [0.2, 0.25) is 0 Å². The molecule has 1 fully saturated rings. The molecular formula is C23H28N4O3. The maximum atomic E-state index is 13.2. The number of carbonyl (C=O) groups excluding carboxylic acids is 2. The van der Waals surface area contributed by atoms with Gasteiger partial charge in [-0.25, -0.2) is 15.0 Å². The van der Waals surface area contributed by atoms with Crippen molar-refractivity contribution in [3.8, 4) is 5.88 Å². The van der Waals surface area contributed by atoms with Crippen LogP contribution in [0.4, 0.5) is 0 Å². The Morgan fingerprint density at radius 1 is 0.967 bits per heavy atom. The summed E-state index contributed by atoms with van der Waals surface area (Å²) < 4.78 is 5.59. The number of amides is 2. The summed E-state index contributed by atoms with van der Waals surface area (Å²) in [6.45, 7) is 9.78. The Hall–Kier alpha value is -2.77. The Morgan fingerprint density at radius 2 is 1.63 bits per heavy atom. The number of nitrogens with zero attached hydrogens (tertiary/aromatic N) is 4. The van der Waals surface area contributed by atoms with Crippen molar-refractivity contribution in [2.24, 2.45) is 0 Å². The van der Waals surface area contributed by atoms with Crippen LogP contribution in [0.25, 0.3) is 0 Å². The third-order valence-corrected chi connectivity index (χ3v) is 5.94. The molecule has 1 aromatic heterocycles. The molecule has 158 valence electrons. The Bertz CT molecular complexity index is 953. The standard InChI is InChI=1S/C23H28N4O3/c1-4-30-21-20-19(16(2)17(3)24-21)22(28)27(23(20)29)26-14-12-25(13-15-26)11-10-18-8-6-5-7-9-18/h5-9H,4,10-15H2,1-3H3. The number of hydrogen-bond acceptors (Lipinski definition) is 6. The minimum absolute atomic E-state index is 0.262. The monoisotopic (exact) mass is 408 g/mol. The molecular weight excluding hydrogens is 380 g/mol. The first-order chi connectivity index (χ1) is 14.5. The van der Waals surface area contributed by atoms with E-state index in [1.54, 1.807) is 0 Å². The van der Waals surface area contributed by atoms with Crippen molar-refractivity contribution in [3.63, 3.8) is 0 Å². The van der Waals surface area contributed by atoms with Gasteiger partial charge in [-0.05, 0) is 38.3 Å². The van der Waals surface area contributed by atoms with Gasteiger partial charge in [0.1, 0.15) is 5.56 Å². The summed E-state index contributed by atoms with van der Waals surface area (Å²) in [4.78, 5) is 33.2. The summed E-state index contributed by atoms with van der Waals surface area (Å²) in [6.07, 6.45) is 0.996. The molecule has 0 saturated carbocycles. The van der Waals surface area contributed by atoms with Gasteiger partial charge in [0.25, 0.3) is 11.8 Å². The zero-order valence-electron chi connectivity index (χ0n) is 17.9. The van der Waals surface area contributed by atoms with E-state index < -0.39 is 0 Å². The van der Waals surface area contributed by atoms with Crippen LogP contribution >= 0.6 is 0 Å². The summed E-state index contributed by atoms with van der Waals surface area (Å²) in [7, 11) is 0. The van der Waals surface area contributed by atoms with E-state index in [-0.39, 0.29) is 17.7 Å². The second-order valence-electron chi connectivity index (χ2n) is 7.76. The number of hydrazine groups is 1. The van der Waals surface area contributed by atoms with Crippen LogP contribution < -0.4 is 4.74 Å². The number of ether oxygens (including phenoxy) is 1. The van der Waals surface area contributed by atoms with E-state index in [1.165, 1.54) is 10.6 Å². The molecule has 1 aromatic carbocycles. The van der Waals surface area contributed by atoms with Gasteiger partial charge < -0.3 is 9.64 Å². The molecule has 30 heavy (non-hydrogen) atoms. The van der Waals surface area contributed by atoms with Crippen LogP contribution in [-0.4, -0.2) is 71.0 Å². The first-order valence-electron chi connectivity index (χ1n) is 10.5. The molecule has 2 aromatic rings. The van der Waals surface area contributed by atoms with Gasteiger partial charge >= 0.3 is 0 Å². The Kier molecular flexibility index (Phi) is 5.83. The van der Waals surface area contributed by atoms with E-state index in [9.17, 15) is 9.59 Å². The van der Waals surface area contributed by atoms with Gasteiger partial charge in [0, 0.05) is 38.4 Å². The predicted molar refractivity (Wildman–Crippen MR) is 114 cm³/mol. The average molecular weight is 409 g/mol. The summed E-state index contributed by atoms with van der Waals surface area (Å²) in [5.41, 5.74) is 3.52. The smallest absolute Gasteiger partial charge is 0.281 e. The number of pyridine rings is 1. The Balaban J connectivity index is 1.45. The van der Waals surface area contributed by atoms with Crippen molar-refractivity contribution in [2.75, 3.05) is 39.3 Å². The summed E-state index contributed by atoms with van der Waals surface area (Å²) in [6, 6.07) is 10.4. The van der Waals surface area contributed by atoms with E-state index in [4.69, 9.17) is 4.74 Å². The molecule has 0 radical (unpaired) electrons. The second-order valence-corrected chi connectivity index (χ2v) is 7.76. The minimum atomic E-state index is -0.327. The summed E-state index contributed by atoms with van der Waals surface area (Å²) in [5, 5.41) is 3.17. The molecule has 0 unspecified atom stereocenters. The molecule has 0 atom stereocenters. The molecule has 4 rings (SSSR count). The highest BCUT2D eigenvalue weighted by molar-refractivity contribution is 6.22. The highest BCUT2D eigenvalue weighted by atomic mass is 16.5. The van der Waals surface area contributed by atoms with Gasteiger partial charge in [-0.2, -0.15) is 0 Å². The zero-order valence-corrected chi connectivity index (χ0v) is 17.9. The van der Waals surface area contributed by atoms with Crippen molar-refractivity contribution in [3.05, 3.63) is 58.3 Å². The highest BCUT2D eigenvalue weighted by Gasteiger charge is 2.44. The maximum Gasteiger partial charge on any atom is 0.281 e. The van der Waals surface area contributed by atoms with Crippen molar-refractivity contribution in [1.29, 1.82) is 0 Å². The fourth-order valence-electron chi connectivity index (χ4n) is 4.13. The lowest BCUT2D eigenvalue weighted by Gasteiger charge is -2.38. The van der Waals surface area contributed by atoms with E-state index in [1.807, 2.05) is 31.8 Å². The number of piperazine rings is 1. The quantitative estimate of drug-likeness (QED) is 0.684. The first-order valence-corrected chi connectivity index (χ1v) is 10.5. The molecule has 0 spiro atoms. The molecule has 0 bridgehead atoms. The molecule has 1 saturated heterocycles. The number of aromatic nitrogens is 1. The number of imide groups is 1. The van der Waals surface area contributed by atoms with Crippen molar-refractivity contribution >= 4 is 11.8 Å². The molecule has 7 nitrogen and oxygen atoms in total. The fourth-order valence-corrected chi connectivity index (χ4v) is 4.13. The number of hydrogen-bond donors (Lipinski definition) is 0. The molecule has 2 aliphatic heterocycles. The molecule has 0 aliphatic carbocycles. The predicted octanol–water partition coefficient (Wildman–Crippen LogP) is 2.47. The number of rotatable bonds is 6. The van der Waals surface area contributed by atoms with Crippen LogP contribution in [-0.2, 0) is 6.42 Å². The van der Waals surface area contributed by atoms with Gasteiger partial charge in [-0.3, -0.25) is 9.59 Å². The molecule has 2 amide bonds. The van der Waals surface area contributed by atoms with E-state index in [0.717, 1.165) is 31.6 Å². The fraction of sp³-hybridized carbons (Fsp3) is 0.435. The third kappa shape index (κ3) is 3.70. The van der Waals surface area contributed by atoms with Crippen LogP contribution in [0.3, 0.4) is 0 Å². The van der Waals surface area contributed by atoms with Crippen LogP contribution in [0.5, 0.6) is 5.88 Å². The normalized spacial score (nSPS) is 17.5. The number of benzene rings is 1. The topological polar surface area (TPSA) is 66.0 Å². The van der Waals surface area contributed by atoms with Gasteiger partial charge in [-0.15, -0.1) is 0 Å². The first kappa shape index (κ1) is 20.5. The summed E-state index contributed by atoms with van der Waals surface area (Å²) >= 11 is 0. The Labute approximate surface area is 177 Å². The van der Waals surface area contributed by atoms with E-state index >= 15 is 0 Å². The second kappa shape index (κ2) is 8.53. The van der Waals surface area contributed by atoms with Crippen LogP contribution in [0.1, 0.15) is 44.5 Å². The van der Waals surface area contributed by atoms with Crippen molar-refractivity contribution in [1.82, 2.24) is 19.9 Å². The molecule has 0 N–H and O–H groups in total. The number of carbonyl (C=O) groups is 2. The molecule has 7 heteroatoms. The number of fused-ring (bicyclic) bond motifs is 1. The summed E-state index contributed by atoms with van der Waals surface area (Å²) in [5.74, 6) is -0.332. The van der Waals surface area contributed by atoms with Crippen LogP contribution in [0.15, 0.2) is 30.3 Å². The molecule has 2 aliphatic rings. The van der Waals surface area contributed by atoms with E-state index in [2.05, 4.69) is 34.1 Å². The Morgan fingerprint density at radius 3 is 2.30 bits per heavy atom. The zero-order chi connectivity index (χ0) is 21.3. The maximum absolute atomic E-state index is 13.2. The van der Waals surface area contributed by atoms with Crippen molar-refractivity contribution < 1.29 is 14.3 Å². The lowest BCUT2D eigenvalue weighted by molar-refractivity contribution is -0.0209. The van der Waals surface area contributed by atoms with Gasteiger partial charge in [-0.1, -0.05) is 30.3 Å². The highest BCUT2D eigenvalue weighted by Crippen LogP contribution is 2.34. The van der Waals surface area contributed by atoms with Crippen LogP contribution in [0, 0.1) is 13.8 Å². The van der Waals surface area contributed by atoms with Gasteiger partial charge in [0.05, 0.1) is 12.2 Å². The lowest BCUT2D eigenvalue weighted by atomic mass is 10.0. The minimum Gasteiger partial charge on any atom is -0.477 e. The van der Waals surface area contributed by atoms with Gasteiger partial charge in [0.15, 0.2) is 0 Å². The van der Waals surface area contributed by atoms with Gasteiger partial charge in [0.2, 0.25) is 5.88 Å². The molecule has 3 heterocycles. The third-order valence-electron chi connectivity index (χ3n) is 5.94.